The summed E-state index contributed by atoms with van der Waals surface area (Å²) in [5.41, 5.74) is 2.07. The van der Waals surface area contributed by atoms with E-state index in [2.05, 4.69) is 6.07 Å². The van der Waals surface area contributed by atoms with E-state index in [1.165, 1.54) is 4.90 Å². The van der Waals surface area contributed by atoms with Crippen LogP contribution in [-0.4, -0.2) is 23.4 Å². The van der Waals surface area contributed by atoms with Crippen LogP contribution in [0.5, 0.6) is 0 Å². The number of aryl methyl sites for hydroxylation is 2. The summed E-state index contributed by atoms with van der Waals surface area (Å²) in [6.45, 7) is 7.44. The van der Waals surface area contributed by atoms with E-state index in [0.717, 1.165) is 11.1 Å². The first-order chi connectivity index (χ1) is 7.79. The summed E-state index contributed by atoms with van der Waals surface area (Å²) < 4.78 is 0. The lowest BCUT2D eigenvalue weighted by molar-refractivity contribution is 0.0698. The van der Waals surface area contributed by atoms with Gasteiger partial charge >= 0.3 is 0 Å². The molecule has 0 unspecified atom stereocenters. The van der Waals surface area contributed by atoms with Gasteiger partial charge in [-0.3, -0.25) is 4.79 Å². The van der Waals surface area contributed by atoms with Crippen molar-refractivity contribution < 1.29 is 4.79 Å². The van der Waals surface area contributed by atoms with Crippen molar-refractivity contribution in [1.29, 1.82) is 5.26 Å². The molecule has 1 aromatic carbocycles. The zero-order valence-corrected chi connectivity index (χ0v) is 11.0. The van der Waals surface area contributed by atoms with Gasteiger partial charge in [0.05, 0.1) is 6.07 Å². The number of nitrogens with zero attached hydrogens (tertiary/aromatic N) is 2. The number of carbonyl (C=O) groups is 1. The fourth-order valence-electron chi connectivity index (χ4n) is 1.40. The lowest BCUT2D eigenvalue weighted by Crippen LogP contribution is -2.43. The maximum Gasteiger partial charge on any atom is 0.254 e. The highest BCUT2D eigenvalue weighted by molar-refractivity contribution is 5.95. The maximum atomic E-state index is 12.2. The van der Waals surface area contributed by atoms with Gasteiger partial charge in [0.1, 0.15) is 5.54 Å². The minimum atomic E-state index is -0.796. The second-order valence-corrected chi connectivity index (χ2v) is 4.83. The summed E-state index contributed by atoms with van der Waals surface area (Å²) in [7, 11) is 1.65. The van der Waals surface area contributed by atoms with Gasteiger partial charge in [0.25, 0.3) is 5.91 Å². The number of carbonyl (C=O) groups excluding carboxylic acids is 1. The van der Waals surface area contributed by atoms with Crippen molar-refractivity contribution >= 4 is 5.91 Å². The van der Waals surface area contributed by atoms with E-state index in [9.17, 15) is 4.79 Å². The fourth-order valence-corrected chi connectivity index (χ4v) is 1.40. The van der Waals surface area contributed by atoms with E-state index in [1.54, 1.807) is 27.0 Å². The van der Waals surface area contributed by atoms with E-state index in [0.29, 0.717) is 5.56 Å². The van der Waals surface area contributed by atoms with Gasteiger partial charge in [-0.05, 0) is 51.0 Å². The van der Waals surface area contributed by atoms with E-state index in [1.807, 2.05) is 26.0 Å². The second kappa shape index (κ2) is 4.58. The van der Waals surface area contributed by atoms with Crippen LogP contribution in [0.3, 0.4) is 0 Å². The van der Waals surface area contributed by atoms with Gasteiger partial charge in [-0.2, -0.15) is 5.26 Å². The molecule has 90 valence electrons. The molecule has 0 aromatic heterocycles. The molecular weight excluding hydrogens is 212 g/mol. The third-order valence-corrected chi connectivity index (χ3v) is 3.17. The van der Waals surface area contributed by atoms with Crippen molar-refractivity contribution in [3.05, 3.63) is 34.9 Å². The highest BCUT2D eigenvalue weighted by Gasteiger charge is 2.27. The molecule has 1 aromatic rings. The molecule has 3 heteroatoms. The molecule has 0 aliphatic heterocycles. The molecule has 0 atom stereocenters. The van der Waals surface area contributed by atoms with Crippen LogP contribution in [0.15, 0.2) is 18.2 Å². The first-order valence-electron chi connectivity index (χ1n) is 5.56. The van der Waals surface area contributed by atoms with Crippen molar-refractivity contribution in [3.8, 4) is 6.07 Å². The van der Waals surface area contributed by atoms with E-state index in [4.69, 9.17) is 5.26 Å². The first kappa shape index (κ1) is 13.2. The van der Waals surface area contributed by atoms with Crippen molar-refractivity contribution in [1.82, 2.24) is 4.90 Å². The van der Waals surface area contributed by atoms with Crippen LogP contribution in [0.25, 0.3) is 0 Å². The predicted molar refractivity (Wildman–Crippen MR) is 67.7 cm³/mol. The van der Waals surface area contributed by atoms with Crippen LogP contribution in [0.1, 0.15) is 35.3 Å². The van der Waals surface area contributed by atoms with E-state index >= 15 is 0 Å². The van der Waals surface area contributed by atoms with Gasteiger partial charge in [0.2, 0.25) is 0 Å². The SMILES string of the molecule is Cc1ccc(C(=O)N(C)C(C)(C)C#N)cc1C. The average Bonchev–Trinajstić information content (AvgIpc) is 2.30. The highest BCUT2D eigenvalue weighted by atomic mass is 16.2. The Kier molecular flexibility index (Phi) is 3.57. The molecule has 0 fully saturated rings. The molecule has 0 radical (unpaired) electrons. The fraction of sp³-hybridized carbons (Fsp3) is 0.429. The molecule has 17 heavy (non-hydrogen) atoms. The molecule has 0 saturated heterocycles. The van der Waals surface area contributed by atoms with Crippen LogP contribution in [0.4, 0.5) is 0 Å². The number of hydrogen-bond acceptors (Lipinski definition) is 2. The standard InChI is InChI=1S/C14H18N2O/c1-10-6-7-12(8-11(10)2)13(17)16(5)14(3,4)9-15/h6-8H,1-5H3. The van der Waals surface area contributed by atoms with Gasteiger partial charge in [0, 0.05) is 12.6 Å². The quantitative estimate of drug-likeness (QED) is 0.784. The monoisotopic (exact) mass is 230 g/mol. The first-order valence-corrected chi connectivity index (χ1v) is 5.56. The molecule has 1 rings (SSSR count). The van der Waals surface area contributed by atoms with Gasteiger partial charge in [-0.15, -0.1) is 0 Å². The van der Waals surface area contributed by atoms with Crippen molar-refractivity contribution in [2.24, 2.45) is 0 Å². The third-order valence-electron chi connectivity index (χ3n) is 3.17. The molecule has 3 nitrogen and oxygen atoms in total. The number of hydrogen-bond donors (Lipinski definition) is 0. The Morgan fingerprint density at radius 2 is 1.88 bits per heavy atom. The Morgan fingerprint density at radius 1 is 1.29 bits per heavy atom. The smallest absolute Gasteiger partial charge is 0.254 e. The van der Waals surface area contributed by atoms with Gasteiger partial charge in [0.15, 0.2) is 0 Å². The zero-order valence-electron chi connectivity index (χ0n) is 11.0. The lowest BCUT2D eigenvalue weighted by atomic mass is 10.0. The molecule has 0 aliphatic carbocycles. The van der Waals surface area contributed by atoms with Crippen LogP contribution in [0.2, 0.25) is 0 Å². The lowest BCUT2D eigenvalue weighted by Gasteiger charge is -2.29. The Balaban J connectivity index is 3.06. The molecule has 0 spiro atoms. The molecular formula is C14H18N2O. The predicted octanol–water partition coefficient (Wildman–Crippen LogP) is 2.68. The zero-order chi connectivity index (χ0) is 13.2. The van der Waals surface area contributed by atoms with Crippen LogP contribution in [0, 0.1) is 25.2 Å². The molecule has 0 aliphatic rings. The van der Waals surface area contributed by atoms with Crippen molar-refractivity contribution in [3.63, 3.8) is 0 Å². The van der Waals surface area contributed by atoms with Crippen LogP contribution >= 0.6 is 0 Å². The normalized spacial score (nSPS) is 10.8. The molecule has 1 amide bonds. The molecule has 0 heterocycles. The third kappa shape index (κ3) is 2.65. The summed E-state index contributed by atoms with van der Waals surface area (Å²) in [5.74, 6) is -0.125. The summed E-state index contributed by atoms with van der Waals surface area (Å²) in [6, 6.07) is 7.71. The number of rotatable bonds is 2. The molecule has 0 saturated carbocycles. The summed E-state index contributed by atoms with van der Waals surface area (Å²) in [5, 5.41) is 9.02. The number of amides is 1. The number of nitriles is 1. The van der Waals surface area contributed by atoms with Crippen molar-refractivity contribution in [2.75, 3.05) is 7.05 Å². The minimum absolute atomic E-state index is 0.125. The topological polar surface area (TPSA) is 44.1 Å². The van der Waals surface area contributed by atoms with Crippen LogP contribution < -0.4 is 0 Å². The largest absolute Gasteiger partial charge is 0.324 e. The Morgan fingerprint density at radius 3 is 2.35 bits per heavy atom. The van der Waals surface area contributed by atoms with Crippen LogP contribution in [-0.2, 0) is 0 Å². The Bertz CT molecular complexity index is 483. The Hall–Kier alpha value is -1.82. The highest BCUT2D eigenvalue weighted by Crippen LogP contribution is 2.17. The average molecular weight is 230 g/mol. The second-order valence-electron chi connectivity index (χ2n) is 4.83. The molecule has 0 bridgehead atoms. The van der Waals surface area contributed by atoms with Gasteiger partial charge < -0.3 is 4.90 Å². The van der Waals surface area contributed by atoms with E-state index in [-0.39, 0.29) is 5.91 Å². The van der Waals surface area contributed by atoms with Crippen molar-refractivity contribution in [2.45, 2.75) is 33.2 Å². The minimum Gasteiger partial charge on any atom is -0.324 e. The van der Waals surface area contributed by atoms with Gasteiger partial charge in [-0.1, -0.05) is 6.07 Å². The number of benzene rings is 1. The summed E-state index contributed by atoms with van der Waals surface area (Å²) in [6.07, 6.45) is 0. The maximum absolute atomic E-state index is 12.2. The van der Waals surface area contributed by atoms with Gasteiger partial charge in [-0.25, -0.2) is 0 Å². The summed E-state index contributed by atoms with van der Waals surface area (Å²) >= 11 is 0. The Labute approximate surface area is 103 Å². The molecule has 0 N–H and O–H groups in total. The summed E-state index contributed by atoms with van der Waals surface area (Å²) in [4.78, 5) is 13.7. The van der Waals surface area contributed by atoms with E-state index < -0.39 is 5.54 Å².